The summed E-state index contributed by atoms with van der Waals surface area (Å²) in [4.78, 5) is 12.4. The van der Waals surface area contributed by atoms with Crippen LogP contribution in [0.25, 0.3) is 0 Å². The molecule has 0 aliphatic carbocycles. The van der Waals surface area contributed by atoms with E-state index in [2.05, 4.69) is 31.3 Å². The average molecular weight is 481 g/mol. The predicted octanol–water partition coefficient (Wildman–Crippen LogP) is 4.83. The van der Waals surface area contributed by atoms with E-state index in [1.807, 2.05) is 44.2 Å². The summed E-state index contributed by atoms with van der Waals surface area (Å²) in [6.07, 6.45) is 1.18. The fourth-order valence-corrected chi connectivity index (χ4v) is 4.71. The van der Waals surface area contributed by atoms with Crippen LogP contribution in [0.15, 0.2) is 66.7 Å². The zero-order valence-electron chi connectivity index (χ0n) is 20.3. The van der Waals surface area contributed by atoms with E-state index >= 15 is 0 Å². The molecule has 0 fully saturated rings. The van der Waals surface area contributed by atoms with Crippen LogP contribution in [0, 0.1) is 20.8 Å². The summed E-state index contributed by atoms with van der Waals surface area (Å²) in [6.45, 7) is 8.23. The lowest BCUT2D eigenvalue weighted by Gasteiger charge is -2.23. The number of benzene rings is 3. The van der Waals surface area contributed by atoms with E-state index in [9.17, 15) is 13.2 Å². The van der Waals surface area contributed by atoms with Crippen molar-refractivity contribution >= 4 is 21.6 Å². The van der Waals surface area contributed by atoms with E-state index in [-0.39, 0.29) is 25.1 Å². The Balaban J connectivity index is 1.61. The fraction of sp³-hybridized carbons (Fsp3) is 0.296. The van der Waals surface area contributed by atoms with Crippen LogP contribution in [0.5, 0.6) is 5.75 Å². The normalized spacial score (nSPS) is 12.1. The number of carbonyl (C=O) groups is 1. The first-order valence-corrected chi connectivity index (χ1v) is 13.0. The molecule has 0 saturated heterocycles. The number of carbonyl (C=O) groups excluding carboxylic acids is 1. The smallest absolute Gasteiger partial charge is 0.258 e. The van der Waals surface area contributed by atoms with Gasteiger partial charge in [0.2, 0.25) is 10.0 Å². The molecule has 3 aromatic rings. The quantitative estimate of drug-likeness (QED) is 0.476. The largest absolute Gasteiger partial charge is 0.484 e. The lowest BCUT2D eigenvalue weighted by atomic mass is 9.96. The van der Waals surface area contributed by atoms with Gasteiger partial charge in [-0.1, -0.05) is 42.5 Å². The summed E-state index contributed by atoms with van der Waals surface area (Å²) in [5, 5.41) is 2.98. The molecule has 0 unspecified atom stereocenters. The third kappa shape index (κ3) is 6.60. The number of hydrogen-bond acceptors (Lipinski definition) is 4. The molecule has 1 atom stereocenters. The van der Waals surface area contributed by atoms with Crippen molar-refractivity contribution in [1.29, 1.82) is 0 Å². The number of nitrogens with one attached hydrogen (secondary N) is 1. The molecule has 0 heterocycles. The molecule has 0 bridgehead atoms. The van der Waals surface area contributed by atoms with Gasteiger partial charge in [0.1, 0.15) is 5.75 Å². The first-order valence-electron chi connectivity index (χ1n) is 11.2. The molecule has 3 aromatic carbocycles. The third-order valence-corrected chi connectivity index (χ3v) is 6.93. The van der Waals surface area contributed by atoms with Gasteiger partial charge >= 0.3 is 0 Å². The molecule has 0 radical (unpaired) electrons. The van der Waals surface area contributed by atoms with Crippen LogP contribution >= 0.6 is 0 Å². The minimum atomic E-state index is -3.48. The Kier molecular flexibility index (Phi) is 7.99. The van der Waals surface area contributed by atoms with E-state index < -0.39 is 10.0 Å². The molecule has 6 nitrogen and oxygen atoms in total. The number of anilines is 1. The van der Waals surface area contributed by atoms with Crippen molar-refractivity contribution < 1.29 is 17.9 Å². The SMILES string of the molecule is Cc1cc(C)c([C@H](C)NC(=O)COc2ccc(N(Cc3ccccc3)S(C)(=O)=O)cc2)cc1C. The Morgan fingerprint density at radius 1 is 0.941 bits per heavy atom. The Bertz CT molecular complexity index is 1240. The van der Waals surface area contributed by atoms with Crippen LogP contribution in [0.3, 0.4) is 0 Å². The van der Waals surface area contributed by atoms with Crippen molar-refractivity contribution in [1.82, 2.24) is 5.32 Å². The van der Waals surface area contributed by atoms with Crippen molar-refractivity contribution in [2.75, 3.05) is 17.2 Å². The summed E-state index contributed by atoms with van der Waals surface area (Å²) in [5.74, 6) is 0.262. The van der Waals surface area contributed by atoms with Crippen LogP contribution in [0.1, 0.15) is 40.8 Å². The molecule has 7 heteroatoms. The first kappa shape index (κ1) is 25.3. The topological polar surface area (TPSA) is 75.7 Å². The van der Waals surface area contributed by atoms with Crippen LogP contribution in [0.2, 0.25) is 0 Å². The predicted molar refractivity (Wildman–Crippen MR) is 137 cm³/mol. The van der Waals surface area contributed by atoms with Gasteiger partial charge in [0, 0.05) is 0 Å². The number of rotatable bonds is 9. The van der Waals surface area contributed by atoms with Crippen LogP contribution in [0.4, 0.5) is 5.69 Å². The zero-order valence-corrected chi connectivity index (χ0v) is 21.1. The number of sulfonamides is 1. The van der Waals surface area contributed by atoms with E-state index in [1.54, 1.807) is 24.3 Å². The van der Waals surface area contributed by atoms with Crippen molar-refractivity contribution in [2.45, 2.75) is 40.3 Å². The summed E-state index contributed by atoms with van der Waals surface area (Å²) >= 11 is 0. The molecule has 0 saturated carbocycles. The molecule has 1 amide bonds. The maximum atomic E-state index is 12.4. The Labute approximate surface area is 202 Å². The summed E-state index contributed by atoms with van der Waals surface area (Å²) in [5.41, 5.74) is 6.05. The van der Waals surface area contributed by atoms with Gasteiger partial charge in [0.15, 0.2) is 6.61 Å². The molecular weight excluding hydrogens is 448 g/mol. The molecule has 3 rings (SSSR count). The summed E-state index contributed by atoms with van der Waals surface area (Å²) in [7, 11) is -3.48. The lowest BCUT2D eigenvalue weighted by Crippen LogP contribution is -2.31. The molecule has 0 aromatic heterocycles. The van der Waals surface area contributed by atoms with Gasteiger partial charge in [0.25, 0.3) is 5.91 Å². The minimum absolute atomic E-state index is 0.132. The first-order chi connectivity index (χ1) is 16.0. The maximum absolute atomic E-state index is 12.4. The van der Waals surface area contributed by atoms with Crippen LogP contribution in [-0.2, 0) is 21.4 Å². The highest BCUT2D eigenvalue weighted by Gasteiger charge is 2.18. The van der Waals surface area contributed by atoms with Crippen LogP contribution in [-0.4, -0.2) is 27.2 Å². The monoisotopic (exact) mass is 480 g/mol. The maximum Gasteiger partial charge on any atom is 0.258 e. The lowest BCUT2D eigenvalue weighted by molar-refractivity contribution is -0.123. The summed E-state index contributed by atoms with van der Waals surface area (Å²) < 4.78 is 31.7. The van der Waals surface area contributed by atoms with E-state index in [0.29, 0.717) is 11.4 Å². The number of nitrogens with zero attached hydrogens (tertiary/aromatic N) is 1. The Morgan fingerprint density at radius 3 is 2.18 bits per heavy atom. The second-order valence-electron chi connectivity index (χ2n) is 8.62. The Hall–Kier alpha value is -3.32. The molecule has 1 N–H and O–H groups in total. The van der Waals surface area contributed by atoms with Gasteiger partial charge in [-0.15, -0.1) is 0 Å². The highest BCUT2D eigenvalue weighted by Crippen LogP contribution is 2.24. The van der Waals surface area contributed by atoms with Crippen molar-refractivity contribution in [3.05, 3.63) is 94.5 Å². The standard InChI is InChI=1S/C27H32N2O4S/c1-19-15-21(3)26(16-20(19)2)22(4)28-27(30)18-33-25-13-11-24(12-14-25)29(34(5,31)32)17-23-9-7-6-8-10-23/h6-16,22H,17-18H2,1-5H3,(H,28,30)/t22-/m0/s1. The molecule has 0 spiro atoms. The van der Waals surface area contributed by atoms with Crippen molar-refractivity contribution in [3.8, 4) is 5.75 Å². The molecule has 0 aliphatic rings. The van der Waals surface area contributed by atoms with Gasteiger partial charge in [-0.3, -0.25) is 9.10 Å². The molecule has 0 aliphatic heterocycles. The van der Waals surface area contributed by atoms with E-state index in [1.165, 1.54) is 21.7 Å². The third-order valence-electron chi connectivity index (χ3n) is 5.79. The average Bonchev–Trinajstić information content (AvgIpc) is 2.79. The number of hydrogen-bond donors (Lipinski definition) is 1. The summed E-state index contributed by atoms with van der Waals surface area (Å²) in [6, 6.07) is 20.2. The van der Waals surface area contributed by atoms with E-state index in [4.69, 9.17) is 4.74 Å². The number of aryl methyl sites for hydroxylation is 3. The van der Waals surface area contributed by atoms with Crippen molar-refractivity contribution in [3.63, 3.8) is 0 Å². The molecule has 180 valence electrons. The molecular formula is C27H32N2O4S. The van der Waals surface area contributed by atoms with Gasteiger partial charge in [0.05, 0.1) is 24.5 Å². The zero-order chi connectivity index (χ0) is 24.9. The van der Waals surface area contributed by atoms with Crippen LogP contribution < -0.4 is 14.4 Å². The second-order valence-corrected chi connectivity index (χ2v) is 10.5. The Morgan fingerprint density at radius 2 is 1.56 bits per heavy atom. The van der Waals surface area contributed by atoms with Crippen molar-refractivity contribution in [2.24, 2.45) is 0 Å². The highest BCUT2D eigenvalue weighted by atomic mass is 32.2. The molecule has 34 heavy (non-hydrogen) atoms. The minimum Gasteiger partial charge on any atom is -0.484 e. The number of amides is 1. The fourth-order valence-electron chi connectivity index (χ4n) is 3.82. The van der Waals surface area contributed by atoms with Gasteiger partial charge in [-0.2, -0.15) is 0 Å². The number of ether oxygens (including phenoxy) is 1. The van der Waals surface area contributed by atoms with Gasteiger partial charge < -0.3 is 10.1 Å². The highest BCUT2D eigenvalue weighted by molar-refractivity contribution is 7.92. The second kappa shape index (κ2) is 10.7. The van der Waals surface area contributed by atoms with Gasteiger partial charge in [-0.05, 0) is 79.8 Å². The van der Waals surface area contributed by atoms with E-state index in [0.717, 1.165) is 16.7 Å². The van der Waals surface area contributed by atoms with Gasteiger partial charge in [-0.25, -0.2) is 8.42 Å².